The lowest BCUT2D eigenvalue weighted by molar-refractivity contribution is 0.279. The van der Waals surface area contributed by atoms with Gasteiger partial charge in [-0.1, -0.05) is 0 Å². The third kappa shape index (κ3) is 1.43. The maximum atomic E-state index is 8.74. The number of hydrogen-bond acceptors (Lipinski definition) is 3. The van der Waals surface area contributed by atoms with Crippen molar-refractivity contribution < 1.29 is 5.11 Å². The van der Waals surface area contributed by atoms with Crippen LogP contribution in [0.1, 0.15) is 5.56 Å². The van der Waals surface area contributed by atoms with Gasteiger partial charge in [0.25, 0.3) is 0 Å². The van der Waals surface area contributed by atoms with E-state index in [4.69, 9.17) is 10.8 Å². The highest BCUT2D eigenvalue weighted by atomic mass is 32.1. The Morgan fingerprint density at radius 2 is 2.20 bits per heavy atom. The SMILES string of the molecule is Nc1ccc(S)c(CO)c1. The summed E-state index contributed by atoms with van der Waals surface area (Å²) >= 11 is 4.11. The van der Waals surface area contributed by atoms with Crippen molar-refractivity contribution in [2.24, 2.45) is 0 Å². The van der Waals surface area contributed by atoms with Gasteiger partial charge < -0.3 is 10.8 Å². The van der Waals surface area contributed by atoms with Crippen molar-refractivity contribution in [1.29, 1.82) is 0 Å². The van der Waals surface area contributed by atoms with Crippen LogP contribution in [0.4, 0.5) is 5.69 Å². The normalized spacial score (nSPS) is 9.80. The monoisotopic (exact) mass is 155 g/mol. The number of benzene rings is 1. The largest absolute Gasteiger partial charge is 0.399 e. The second-order valence-electron chi connectivity index (χ2n) is 2.05. The quantitative estimate of drug-likeness (QED) is 0.419. The zero-order valence-electron chi connectivity index (χ0n) is 5.41. The van der Waals surface area contributed by atoms with Crippen molar-refractivity contribution in [3.8, 4) is 0 Å². The van der Waals surface area contributed by atoms with Crippen LogP contribution in [-0.4, -0.2) is 5.11 Å². The molecule has 1 aromatic rings. The van der Waals surface area contributed by atoms with E-state index in [0.29, 0.717) is 5.69 Å². The molecule has 0 atom stereocenters. The zero-order chi connectivity index (χ0) is 7.56. The highest BCUT2D eigenvalue weighted by Gasteiger charge is 1.95. The van der Waals surface area contributed by atoms with Gasteiger partial charge >= 0.3 is 0 Å². The summed E-state index contributed by atoms with van der Waals surface area (Å²) in [6, 6.07) is 5.23. The molecule has 0 radical (unpaired) electrons. The molecule has 0 aromatic heterocycles. The third-order valence-electron chi connectivity index (χ3n) is 1.27. The molecule has 3 N–H and O–H groups in total. The summed E-state index contributed by atoms with van der Waals surface area (Å²) in [5.74, 6) is 0. The predicted molar refractivity (Wildman–Crippen MR) is 44.0 cm³/mol. The minimum absolute atomic E-state index is 0.0100. The van der Waals surface area contributed by atoms with Gasteiger partial charge in [-0.25, -0.2) is 0 Å². The molecule has 2 nitrogen and oxygen atoms in total. The van der Waals surface area contributed by atoms with Crippen LogP contribution in [0.15, 0.2) is 23.1 Å². The summed E-state index contributed by atoms with van der Waals surface area (Å²) in [4.78, 5) is 0.775. The first-order valence-corrected chi connectivity index (χ1v) is 3.37. The molecular weight excluding hydrogens is 146 g/mol. The van der Waals surface area contributed by atoms with E-state index in [1.54, 1.807) is 18.2 Å². The van der Waals surface area contributed by atoms with Crippen LogP contribution in [-0.2, 0) is 6.61 Å². The second kappa shape index (κ2) is 2.94. The van der Waals surface area contributed by atoms with E-state index in [-0.39, 0.29) is 6.61 Å². The lowest BCUT2D eigenvalue weighted by Gasteiger charge is -2.00. The molecule has 0 aliphatic carbocycles. The number of thiol groups is 1. The van der Waals surface area contributed by atoms with Crippen LogP contribution >= 0.6 is 12.6 Å². The molecule has 0 amide bonds. The Morgan fingerprint density at radius 3 is 2.70 bits per heavy atom. The van der Waals surface area contributed by atoms with Crippen LogP contribution in [0.2, 0.25) is 0 Å². The van der Waals surface area contributed by atoms with Gasteiger partial charge in [0.1, 0.15) is 0 Å². The average Bonchev–Trinajstić information content (AvgIpc) is 1.94. The number of rotatable bonds is 1. The average molecular weight is 155 g/mol. The van der Waals surface area contributed by atoms with Crippen molar-refractivity contribution >= 4 is 18.3 Å². The molecular formula is C7H9NOS. The van der Waals surface area contributed by atoms with E-state index in [1.165, 1.54) is 0 Å². The van der Waals surface area contributed by atoms with Crippen LogP contribution < -0.4 is 5.73 Å². The Balaban J connectivity index is 3.09. The number of aliphatic hydroxyl groups excluding tert-OH is 1. The smallest absolute Gasteiger partial charge is 0.0693 e. The van der Waals surface area contributed by atoms with Crippen LogP contribution in [0.3, 0.4) is 0 Å². The highest BCUT2D eigenvalue weighted by Crippen LogP contribution is 2.16. The summed E-state index contributed by atoms with van der Waals surface area (Å²) in [5.41, 5.74) is 6.88. The van der Waals surface area contributed by atoms with E-state index in [9.17, 15) is 0 Å². The lowest BCUT2D eigenvalue weighted by Crippen LogP contribution is -1.89. The van der Waals surface area contributed by atoms with Crippen molar-refractivity contribution in [3.63, 3.8) is 0 Å². The predicted octanol–water partition coefficient (Wildman–Crippen LogP) is 1.05. The van der Waals surface area contributed by atoms with E-state index >= 15 is 0 Å². The van der Waals surface area contributed by atoms with Crippen LogP contribution in [0, 0.1) is 0 Å². The minimum atomic E-state index is -0.0100. The molecule has 54 valence electrons. The number of nitrogens with two attached hydrogens (primary N) is 1. The summed E-state index contributed by atoms with van der Waals surface area (Å²) in [7, 11) is 0. The molecule has 1 aromatic carbocycles. The Hall–Kier alpha value is -0.670. The summed E-state index contributed by atoms with van der Waals surface area (Å²) in [6.07, 6.45) is 0. The lowest BCUT2D eigenvalue weighted by atomic mass is 10.2. The molecule has 3 heteroatoms. The second-order valence-corrected chi connectivity index (χ2v) is 2.53. The topological polar surface area (TPSA) is 46.2 Å². The van der Waals surface area contributed by atoms with Crippen LogP contribution in [0.5, 0.6) is 0 Å². The molecule has 0 aliphatic rings. The number of anilines is 1. The molecule has 0 unspecified atom stereocenters. The number of hydrogen-bond donors (Lipinski definition) is 3. The van der Waals surface area contributed by atoms with Crippen molar-refractivity contribution in [1.82, 2.24) is 0 Å². The highest BCUT2D eigenvalue weighted by molar-refractivity contribution is 7.80. The molecule has 0 fully saturated rings. The third-order valence-corrected chi connectivity index (χ3v) is 1.71. The van der Waals surface area contributed by atoms with Gasteiger partial charge in [0.15, 0.2) is 0 Å². The van der Waals surface area contributed by atoms with E-state index in [0.717, 1.165) is 10.5 Å². The molecule has 0 spiro atoms. The van der Waals surface area contributed by atoms with E-state index in [2.05, 4.69) is 12.6 Å². The van der Waals surface area contributed by atoms with Gasteiger partial charge in [-0.15, -0.1) is 12.6 Å². The molecule has 1 rings (SSSR count). The van der Waals surface area contributed by atoms with Gasteiger partial charge in [0.2, 0.25) is 0 Å². The molecule has 0 bridgehead atoms. The number of aliphatic hydroxyl groups is 1. The van der Waals surface area contributed by atoms with Gasteiger partial charge in [0.05, 0.1) is 6.61 Å². The maximum Gasteiger partial charge on any atom is 0.0693 e. The Bertz CT molecular complexity index is 237. The Morgan fingerprint density at radius 1 is 1.50 bits per heavy atom. The zero-order valence-corrected chi connectivity index (χ0v) is 6.31. The van der Waals surface area contributed by atoms with Crippen molar-refractivity contribution in [2.75, 3.05) is 5.73 Å². The summed E-state index contributed by atoms with van der Waals surface area (Å²) in [5, 5.41) is 8.74. The first kappa shape index (κ1) is 7.44. The van der Waals surface area contributed by atoms with Gasteiger partial charge in [0, 0.05) is 10.6 Å². The van der Waals surface area contributed by atoms with Crippen molar-refractivity contribution in [3.05, 3.63) is 23.8 Å². The fourth-order valence-electron chi connectivity index (χ4n) is 0.732. The number of nitrogen functional groups attached to an aromatic ring is 1. The molecule has 0 aliphatic heterocycles. The first-order chi connectivity index (χ1) is 4.74. The minimum Gasteiger partial charge on any atom is -0.399 e. The molecule has 0 heterocycles. The fraction of sp³-hybridized carbons (Fsp3) is 0.143. The van der Waals surface area contributed by atoms with E-state index < -0.39 is 0 Å². The molecule has 10 heavy (non-hydrogen) atoms. The van der Waals surface area contributed by atoms with E-state index in [1.807, 2.05) is 0 Å². The maximum absolute atomic E-state index is 8.74. The molecule has 0 saturated carbocycles. The van der Waals surface area contributed by atoms with Gasteiger partial charge in [-0.05, 0) is 23.8 Å². The first-order valence-electron chi connectivity index (χ1n) is 2.92. The van der Waals surface area contributed by atoms with Gasteiger partial charge in [-0.3, -0.25) is 0 Å². The van der Waals surface area contributed by atoms with Crippen molar-refractivity contribution in [2.45, 2.75) is 11.5 Å². The Labute approximate surface area is 65.1 Å². The van der Waals surface area contributed by atoms with Gasteiger partial charge in [-0.2, -0.15) is 0 Å². The molecule has 0 saturated heterocycles. The summed E-state index contributed by atoms with van der Waals surface area (Å²) < 4.78 is 0. The fourth-order valence-corrected chi connectivity index (χ4v) is 0.942. The standard InChI is InChI=1S/C7H9NOS/c8-6-1-2-7(10)5(3-6)4-9/h1-3,9-10H,4,8H2. The Kier molecular flexibility index (Phi) is 2.19. The summed E-state index contributed by atoms with van der Waals surface area (Å²) in [6.45, 7) is -0.0100. The van der Waals surface area contributed by atoms with Crippen LogP contribution in [0.25, 0.3) is 0 Å².